The fourth-order valence-electron chi connectivity index (χ4n) is 1.22. The van der Waals surface area contributed by atoms with Crippen LogP contribution in [0.1, 0.15) is 19.7 Å². The van der Waals surface area contributed by atoms with Gasteiger partial charge in [0, 0.05) is 13.0 Å². The van der Waals surface area contributed by atoms with E-state index in [1.807, 2.05) is 24.4 Å². The standard InChI is InChI=1S/C10H11N3OS2/c1-7-12-13-9(16-7)4-5-11-10(14)8-3-2-6-15-8/h2-3,6H,4-5H2,1H3,(H,11,14). The van der Waals surface area contributed by atoms with Crippen molar-refractivity contribution in [3.05, 3.63) is 32.4 Å². The zero-order valence-corrected chi connectivity index (χ0v) is 10.4. The molecule has 0 radical (unpaired) electrons. The molecule has 0 fully saturated rings. The Morgan fingerprint density at radius 1 is 1.50 bits per heavy atom. The van der Waals surface area contributed by atoms with E-state index < -0.39 is 0 Å². The highest BCUT2D eigenvalue weighted by Crippen LogP contribution is 2.09. The van der Waals surface area contributed by atoms with Gasteiger partial charge in [-0.15, -0.1) is 32.9 Å². The smallest absolute Gasteiger partial charge is 0.261 e. The monoisotopic (exact) mass is 253 g/mol. The second kappa shape index (κ2) is 5.18. The molecule has 0 saturated carbocycles. The van der Waals surface area contributed by atoms with Gasteiger partial charge in [-0.1, -0.05) is 6.07 Å². The van der Waals surface area contributed by atoms with Crippen LogP contribution >= 0.6 is 22.7 Å². The number of hydrogen-bond acceptors (Lipinski definition) is 5. The van der Waals surface area contributed by atoms with Gasteiger partial charge in [-0.25, -0.2) is 0 Å². The SMILES string of the molecule is Cc1nnc(CCNC(=O)c2cccs2)s1. The minimum atomic E-state index is -0.0174. The minimum absolute atomic E-state index is 0.0174. The molecule has 4 nitrogen and oxygen atoms in total. The van der Waals surface area contributed by atoms with E-state index in [2.05, 4.69) is 15.5 Å². The Morgan fingerprint density at radius 3 is 3.00 bits per heavy atom. The molecular weight excluding hydrogens is 242 g/mol. The number of nitrogens with zero attached hydrogens (tertiary/aromatic N) is 2. The van der Waals surface area contributed by atoms with E-state index >= 15 is 0 Å². The summed E-state index contributed by atoms with van der Waals surface area (Å²) in [5, 5.41) is 14.6. The number of aryl methyl sites for hydroxylation is 1. The van der Waals surface area contributed by atoms with E-state index in [4.69, 9.17) is 0 Å². The van der Waals surface area contributed by atoms with Crippen LogP contribution in [0.5, 0.6) is 0 Å². The van der Waals surface area contributed by atoms with Crippen LogP contribution in [0.3, 0.4) is 0 Å². The van der Waals surface area contributed by atoms with E-state index in [1.165, 1.54) is 11.3 Å². The number of thiophene rings is 1. The second-order valence-corrected chi connectivity index (χ2v) is 5.41. The van der Waals surface area contributed by atoms with Gasteiger partial charge in [0.2, 0.25) is 0 Å². The van der Waals surface area contributed by atoms with Crippen molar-refractivity contribution < 1.29 is 4.79 Å². The molecular formula is C10H11N3OS2. The topological polar surface area (TPSA) is 54.9 Å². The van der Waals surface area contributed by atoms with Crippen LogP contribution in [0, 0.1) is 6.92 Å². The van der Waals surface area contributed by atoms with Crippen LogP contribution < -0.4 is 5.32 Å². The molecule has 2 aromatic heterocycles. The molecule has 0 aliphatic heterocycles. The predicted octanol–water partition coefficient (Wildman–Crippen LogP) is 1.88. The number of rotatable bonds is 4. The number of carbonyl (C=O) groups excluding carboxylic acids is 1. The number of hydrogen-bond donors (Lipinski definition) is 1. The molecule has 0 unspecified atom stereocenters. The van der Waals surface area contributed by atoms with Crippen LogP contribution in [0.4, 0.5) is 0 Å². The fourth-order valence-corrected chi connectivity index (χ4v) is 2.56. The Hall–Kier alpha value is -1.27. The van der Waals surface area contributed by atoms with Crippen LogP contribution in [-0.4, -0.2) is 22.6 Å². The molecule has 0 spiro atoms. The Morgan fingerprint density at radius 2 is 2.38 bits per heavy atom. The zero-order valence-electron chi connectivity index (χ0n) is 8.77. The van der Waals surface area contributed by atoms with Crippen LogP contribution in [-0.2, 0) is 6.42 Å². The third-order valence-corrected chi connectivity index (χ3v) is 3.70. The second-order valence-electron chi connectivity index (χ2n) is 3.20. The Kier molecular flexibility index (Phi) is 3.63. The maximum Gasteiger partial charge on any atom is 0.261 e. The molecule has 6 heteroatoms. The van der Waals surface area contributed by atoms with Crippen molar-refractivity contribution in [2.75, 3.05) is 6.54 Å². The lowest BCUT2D eigenvalue weighted by Gasteiger charge is -2.00. The molecule has 0 atom stereocenters. The van der Waals surface area contributed by atoms with Gasteiger partial charge in [0.25, 0.3) is 5.91 Å². The maximum absolute atomic E-state index is 11.6. The summed E-state index contributed by atoms with van der Waals surface area (Å²) in [5.41, 5.74) is 0. The van der Waals surface area contributed by atoms with Gasteiger partial charge < -0.3 is 5.32 Å². The van der Waals surface area contributed by atoms with Gasteiger partial charge >= 0.3 is 0 Å². The van der Waals surface area contributed by atoms with Gasteiger partial charge in [0.05, 0.1) is 4.88 Å². The highest BCUT2D eigenvalue weighted by Gasteiger charge is 2.06. The van der Waals surface area contributed by atoms with Gasteiger partial charge in [0.1, 0.15) is 10.0 Å². The Bertz CT molecular complexity index is 464. The normalized spacial score (nSPS) is 10.3. The molecule has 2 heterocycles. The maximum atomic E-state index is 11.6. The summed E-state index contributed by atoms with van der Waals surface area (Å²) in [4.78, 5) is 12.3. The van der Waals surface area contributed by atoms with Gasteiger partial charge in [-0.3, -0.25) is 4.79 Å². The summed E-state index contributed by atoms with van der Waals surface area (Å²) >= 11 is 3.01. The zero-order chi connectivity index (χ0) is 11.4. The van der Waals surface area contributed by atoms with Crippen molar-refractivity contribution >= 4 is 28.6 Å². The molecule has 0 aliphatic carbocycles. The summed E-state index contributed by atoms with van der Waals surface area (Å²) in [7, 11) is 0. The number of aromatic nitrogens is 2. The van der Waals surface area contributed by atoms with Crippen molar-refractivity contribution in [2.45, 2.75) is 13.3 Å². The molecule has 1 N–H and O–H groups in total. The molecule has 2 aromatic rings. The first-order valence-electron chi connectivity index (χ1n) is 4.86. The molecule has 0 saturated heterocycles. The van der Waals surface area contributed by atoms with Crippen molar-refractivity contribution in [3.8, 4) is 0 Å². The predicted molar refractivity (Wildman–Crippen MR) is 65.0 cm³/mol. The summed E-state index contributed by atoms with van der Waals surface area (Å²) < 4.78 is 0. The first-order chi connectivity index (χ1) is 7.75. The lowest BCUT2D eigenvalue weighted by molar-refractivity contribution is 0.0958. The lowest BCUT2D eigenvalue weighted by atomic mass is 10.4. The van der Waals surface area contributed by atoms with E-state index in [0.29, 0.717) is 6.54 Å². The number of amides is 1. The molecule has 84 valence electrons. The molecule has 0 bridgehead atoms. The third kappa shape index (κ3) is 2.86. The van der Waals surface area contributed by atoms with Gasteiger partial charge in [-0.2, -0.15) is 0 Å². The molecule has 2 rings (SSSR count). The van der Waals surface area contributed by atoms with Crippen LogP contribution in [0.25, 0.3) is 0 Å². The third-order valence-electron chi connectivity index (χ3n) is 1.94. The van der Waals surface area contributed by atoms with Crippen molar-refractivity contribution in [1.82, 2.24) is 15.5 Å². The van der Waals surface area contributed by atoms with Crippen molar-refractivity contribution in [3.63, 3.8) is 0 Å². The first kappa shape index (κ1) is 11.2. The number of nitrogens with one attached hydrogen (secondary N) is 1. The van der Waals surface area contributed by atoms with Crippen LogP contribution in [0.2, 0.25) is 0 Å². The van der Waals surface area contributed by atoms with Crippen molar-refractivity contribution in [2.24, 2.45) is 0 Å². The largest absolute Gasteiger partial charge is 0.351 e. The first-order valence-corrected chi connectivity index (χ1v) is 6.56. The summed E-state index contributed by atoms with van der Waals surface area (Å²) in [5.74, 6) is -0.0174. The summed E-state index contributed by atoms with van der Waals surface area (Å²) in [6.07, 6.45) is 0.739. The van der Waals surface area contributed by atoms with E-state index in [1.54, 1.807) is 11.3 Å². The lowest BCUT2D eigenvalue weighted by Crippen LogP contribution is -2.24. The van der Waals surface area contributed by atoms with E-state index in [-0.39, 0.29) is 5.91 Å². The minimum Gasteiger partial charge on any atom is -0.351 e. The Labute approximate surface area is 101 Å². The quantitative estimate of drug-likeness (QED) is 0.905. The highest BCUT2D eigenvalue weighted by atomic mass is 32.1. The van der Waals surface area contributed by atoms with Crippen molar-refractivity contribution in [1.29, 1.82) is 0 Å². The van der Waals surface area contributed by atoms with E-state index in [9.17, 15) is 4.79 Å². The highest BCUT2D eigenvalue weighted by molar-refractivity contribution is 7.12. The fraction of sp³-hybridized carbons (Fsp3) is 0.300. The molecule has 16 heavy (non-hydrogen) atoms. The number of carbonyl (C=O) groups is 1. The average Bonchev–Trinajstić information content (AvgIpc) is 2.89. The average molecular weight is 253 g/mol. The summed E-state index contributed by atoms with van der Waals surface area (Å²) in [6.45, 7) is 2.52. The summed E-state index contributed by atoms with van der Waals surface area (Å²) in [6, 6.07) is 3.68. The molecule has 0 aliphatic rings. The molecule has 1 amide bonds. The molecule has 0 aromatic carbocycles. The van der Waals surface area contributed by atoms with Gasteiger partial charge in [-0.05, 0) is 18.4 Å². The van der Waals surface area contributed by atoms with Gasteiger partial charge in [0.15, 0.2) is 0 Å². The Balaban J connectivity index is 1.78. The van der Waals surface area contributed by atoms with Crippen LogP contribution in [0.15, 0.2) is 17.5 Å². The van der Waals surface area contributed by atoms with E-state index in [0.717, 1.165) is 21.3 Å².